The molecule has 4 heteroatoms. The monoisotopic (exact) mass is 236 g/mol. The molecule has 1 heterocycles. The third kappa shape index (κ3) is 1.75. The molecule has 1 aromatic carbocycles. The van der Waals surface area contributed by atoms with Gasteiger partial charge in [-0.05, 0) is 18.2 Å². The highest BCUT2D eigenvalue weighted by Crippen LogP contribution is 2.30. The van der Waals surface area contributed by atoms with Crippen molar-refractivity contribution in [2.24, 2.45) is 0 Å². The van der Waals surface area contributed by atoms with Gasteiger partial charge in [-0.3, -0.25) is 10.0 Å². The van der Waals surface area contributed by atoms with E-state index in [2.05, 4.69) is 5.73 Å². The van der Waals surface area contributed by atoms with Gasteiger partial charge in [0.2, 0.25) is 0 Å². The lowest BCUT2D eigenvalue weighted by molar-refractivity contribution is 0.171. The minimum Gasteiger partial charge on any atom is -0.495 e. The van der Waals surface area contributed by atoms with Gasteiger partial charge >= 0.3 is 0 Å². The van der Waals surface area contributed by atoms with Gasteiger partial charge < -0.3 is 4.74 Å². The molecule has 0 bridgehead atoms. The van der Waals surface area contributed by atoms with Gasteiger partial charge in [0.05, 0.1) is 18.3 Å². The van der Waals surface area contributed by atoms with Gasteiger partial charge in [0, 0.05) is 19.7 Å². The van der Waals surface area contributed by atoms with Crippen LogP contribution in [0.1, 0.15) is 5.56 Å². The SMILES string of the molecule is COc1ccc(C2=C=CN(C)N2C)cc1Cl. The highest BCUT2D eigenvalue weighted by molar-refractivity contribution is 6.32. The summed E-state index contributed by atoms with van der Waals surface area (Å²) in [6, 6.07) is 5.71. The zero-order chi connectivity index (χ0) is 11.7. The van der Waals surface area contributed by atoms with Crippen molar-refractivity contribution in [2.75, 3.05) is 21.2 Å². The molecule has 0 atom stereocenters. The predicted molar refractivity (Wildman–Crippen MR) is 65.0 cm³/mol. The molecule has 0 aliphatic carbocycles. The summed E-state index contributed by atoms with van der Waals surface area (Å²) < 4.78 is 5.12. The van der Waals surface area contributed by atoms with E-state index in [1.165, 1.54) is 0 Å². The van der Waals surface area contributed by atoms with Crippen LogP contribution in [0.3, 0.4) is 0 Å². The van der Waals surface area contributed by atoms with Crippen LogP contribution < -0.4 is 4.74 Å². The van der Waals surface area contributed by atoms with Gasteiger partial charge in [-0.25, -0.2) is 0 Å². The van der Waals surface area contributed by atoms with Gasteiger partial charge in [0.15, 0.2) is 0 Å². The van der Waals surface area contributed by atoms with Crippen LogP contribution in [0.5, 0.6) is 5.75 Å². The first-order valence-electron chi connectivity index (χ1n) is 4.90. The molecule has 84 valence electrons. The molecule has 0 radical (unpaired) electrons. The van der Waals surface area contributed by atoms with Crippen LogP contribution in [0.15, 0.2) is 30.1 Å². The minimum atomic E-state index is 0.609. The summed E-state index contributed by atoms with van der Waals surface area (Å²) in [4.78, 5) is 0. The fourth-order valence-corrected chi connectivity index (χ4v) is 1.83. The summed E-state index contributed by atoms with van der Waals surface area (Å²) in [6.45, 7) is 0. The summed E-state index contributed by atoms with van der Waals surface area (Å²) in [6.07, 6.45) is 1.88. The predicted octanol–water partition coefficient (Wildman–Crippen LogP) is 2.59. The molecule has 0 saturated heterocycles. The normalized spacial score (nSPS) is 14.4. The Bertz CT molecular complexity index is 478. The lowest BCUT2D eigenvalue weighted by atomic mass is 10.1. The molecular weight excluding hydrogens is 224 g/mol. The zero-order valence-electron chi connectivity index (χ0n) is 9.49. The van der Waals surface area contributed by atoms with E-state index < -0.39 is 0 Å². The summed E-state index contributed by atoms with van der Waals surface area (Å²) in [5.74, 6) is 0.684. The average Bonchev–Trinajstić information content (AvgIpc) is 2.60. The highest BCUT2D eigenvalue weighted by atomic mass is 35.5. The third-order valence-electron chi connectivity index (χ3n) is 2.61. The van der Waals surface area contributed by atoms with Gasteiger partial charge in [0.1, 0.15) is 11.4 Å². The highest BCUT2D eigenvalue weighted by Gasteiger charge is 2.15. The molecule has 0 fully saturated rings. The Kier molecular flexibility index (Phi) is 2.82. The number of nitrogens with zero attached hydrogens (tertiary/aromatic N) is 2. The first kappa shape index (κ1) is 10.9. The van der Waals surface area contributed by atoms with Gasteiger partial charge in [-0.15, -0.1) is 0 Å². The lowest BCUT2D eigenvalue weighted by Gasteiger charge is -2.25. The quantitative estimate of drug-likeness (QED) is 0.735. The van der Waals surface area contributed by atoms with Crippen molar-refractivity contribution in [2.45, 2.75) is 0 Å². The Hall–Kier alpha value is -1.57. The summed E-state index contributed by atoms with van der Waals surface area (Å²) in [5.41, 5.74) is 5.20. The van der Waals surface area contributed by atoms with Crippen LogP contribution in [0.25, 0.3) is 5.70 Å². The molecule has 0 unspecified atom stereocenters. The second-order valence-corrected chi connectivity index (χ2v) is 3.98. The molecule has 1 aliphatic rings. The number of methoxy groups -OCH3 is 1. The van der Waals surface area contributed by atoms with Crippen molar-refractivity contribution in [3.8, 4) is 5.75 Å². The largest absolute Gasteiger partial charge is 0.495 e. The minimum absolute atomic E-state index is 0.609. The molecule has 0 saturated carbocycles. The van der Waals surface area contributed by atoms with Crippen molar-refractivity contribution >= 4 is 17.3 Å². The number of hydrogen-bond acceptors (Lipinski definition) is 3. The topological polar surface area (TPSA) is 15.7 Å². The summed E-state index contributed by atoms with van der Waals surface area (Å²) >= 11 is 6.08. The summed E-state index contributed by atoms with van der Waals surface area (Å²) in [7, 11) is 5.55. The molecular formula is C12H13ClN2O. The Labute approximate surface area is 100 Å². The van der Waals surface area contributed by atoms with Crippen molar-refractivity contribution in [3.05, 3.63) is 40.7 Å². The molecule has 16 heavy (non-hydrogen) atoms. The first-order valence-corrected chi connectivity index (χ1v) is 5.28. The molecule has 1 aliphatic heterocycles. The second-order valence-electron chi connectivity index (χ2n) is 3.57. The molecule has 0 amide bonds. The van der Waals surface area contributed by atoms with Crippen LogP contribution in [-0.4, -0.2) is 31.2 Å². The van der Waals surface area contributed by atoms with Gasteiger partial charge in [0.25, 0.3) is 0 Å². The first-order chi connectivity index (χ1) is 7.63. The van der Waals surface area contributed by atoms with E-state index in [4.69, 9.17) is 16.3 Å². The molecule has 2 rings (SSSR count). The smallest absolute Gasteiger partial charge is 0.137 e. The van der Waals surface area contributed by atoms with Crippen LogP contribution in [0.4, 0.5) is 0 Å². The van der Waals surface area contributed by atoms with E-state index in [0.717, 1.165) is 11.3 Å². The maximum absolute atomic E-state index is 6.08. The maximum atomic E-state index is 6.08. The molecule has 1 aromatic rings. The maximum Gasteiger partial charge on any atom is 0.137 e. The van der Waals surface area contributed by atoms with Crippen molar-refractivity contribution in [1.82, 2.24) is 10.0 Å². The Balaban J connectivity index is 2.37. The van der Waals surface area contributed by atoms with E-state index >= 15 is 0 Å². The zero-order valence-corrected chi connectivity index (χ0v) is 10.2. The lowest BCUT2D eigenvalue weighted by Crippen LogP contribution is -2.27. The van der Waals surface area contributed by atoms with E-state index in [0.29, 0.717) is 10.8 Å². The molecule has 3 nitrogen and oxygen atoms in total. The number of rotatable bonds is 2. The van der Waals surface area contributed by atoms with Crippen LogP contribution in [0.2, 0.25) is 5.02 Å². The summed E-state index contributed by atoms with van der Waals surface area (Å²) in [5, 5.41) is 4.56. The van der Waals surface area contributed by atoms with Crippen molar-refractivity contribution < 1.29 is 4.74 Å². The van der Waals surface area contributed by atoms with E-state index in [1.54, 1.807) is 7.11 Å². The average molecular weight is 237 g/mol. The van der Waals surface area contributed by atoms with E-state index in [1.807, 2.05) is 48.5 Å². The van der Waals surface area contributed by atoms with Crippen LogP contribution in [0, 0.1) is 0 Å². The molecule has 0 N–H and O–H groups in total. The van der Waals surface area contributed by atoms with E-state index in [9.17, 15) is 0 Å². The van der Waals surface area contributed by atoms with Crippen molar-refractivity contribution in [3.63, 3.8) is 0 Å². The number of benzene rings is 1. The second kappa shape index (κ2) is 4.12. The number of halogens is 1. The fourth-order valence-electron chi connectivity index (χ4n) is 1.58. The van der Waals surface area contributed by atoms with Crippen LogP contribution in [-0.2, 0) is 0 Å². The third-order valence-corrected chi connectivity index (χ3v) is 2.91. The fraction of sp³-hybridized carbons (Fsp3) is 0.250. The Morgan fingerprint density at radius 2 is 2.06 bits per heavy atom. The van der Waals surface area contributed by atoms with Crippen molar-refractivity contribution in [1.29, 1.82) is 0 Å². The molecule has 0 aromatic heterocycles. The number of hydrazine groups is 1. The Morgan fingerprint density at radius 1 is 1.31 bits per heavy atom. The number of hydrogen-bond donors (Lipinski definition) is 0. The number of ether oxygens (including phenoxy) is 1. The standard InChI is InChI=1S/C12H13ClN2O/c1-14-7-6-11(15(14)2)9-4-5-12(16-3)10(13)8-9/h4-5,7-8H,1-3H3. The van der Waals surface area contributed by atoms with Crippen LogP contribution >= 0.6 is 11.6 Å². The van der Waals surface area contributed by atoms with Gasteiger partial charge in [-0.1, -0.05) is 17.3 Å². The Morgan fingerprint density at radius 3 is 2.56 bits per heavy atom. The van der Waals surface area contributed by atoms with E-state index in [-0.39, 0.29) is 0 Å². The molecule has 0 spiro atoms. The van der Waals surface area contributed by atoms with Gasteiger partial charge in [-0.2, -0.15) is 0 Å².